The predicted molar refractivity (Wildman–Crippen MR) is 179 cm³/mol. The van der Waals surface area contributed by atoms with E-state index in [1.54, 1.807) is 71.3 Å². The van der Waals surface area contributed by atoms with Gasteiger partial charge in [-0.1, -0.05) is 72.8 Å². The van der Waals surface area contributed by atoms with Crippen molar-refractivity contribution in [2.45, 2.75) is 12.4 Å². The number of hydrogen-bond donors (Lipinski definition) is 0. The number of aromatic nitrogens is 1. The van der Waals surface area contributed by atoms with Gasteiger partial charge in [-0.2, -0.15) is 26.3 Å². The molecule has 0 unspecified atom stereocenters. The Hall–Kier alpha value is -6.16. The van der Waals surface area contributed by atoms with Crippen LogP contribution >= 0.6 is 0 Å². The lowest BCUT2D eigenvalue weighted by Gasteiger charge is -2.16. The van der Waals surface area contributed by atoms with Gasteiger partial charge in [0.25, 0.3) is 11.8 Å². The van der Waals surface area contributed by atoms with Crippen LogP contribution in [-0.4, -0.2) is 16.4 Å². The van der Waals surface area contributed by atoms with E-state index >= 15 is 0 Å². The Morgan fingerprint density at radius 3 is 1.74 bits per heavy atom. The van der Waals surface area contributed by atoms with Crippen molar-refractivity contribution in [2.75, 3.05) is 4.90 Å². The lowest BCUT2D eigenvalue weighted by molar-refractivity contribution is -0.143. The first-order valence-corrected chi connectivity index (χ1v) is 15.4. The lowest BCUT2D eigenvalue weighted by Crippen LogP contribution is -2.29. The van der Waals surface area contributed by atoms with Gasteiger partial charge < -0.3 is 4.57 Å². The van der Waals surface area contributed by atoms with Gasteiger partial charge in [0.15, 0.2) is 0 Å². The number of imide groups is 1. The zero-order valence-electron chi connectivity index (χ0n) is 25.7. The molecule has 0 fully saturated rings. The van der Waals surface area contributed by atoms with Crippen LogP contribution in [0.4, 0.5) is 32.0 Å². The van der Waals surface area contributed by atoms with Gasteiger partial charge in [-0.25, -0.2) is 4.90 Å². The molecule has 2 heterocycles. The Labute approximate surface area is 280 Å². The number of anilines is 1. The van der Waals surface area contributed by atoms with Gasteiger partial charge in [0.05, 0.1) is 44.7 Å². The van der Waals surface area contributed by atoms with Crippen molar-refractivity contribution < 1.29 is 35.9 Å². The molecular weight excluding hydrogens is 654 g/mol. The Kier molecular flexibility index (Phi) is 6.97. The summed E-state index contributed by atoms with van der Waals surface area (Å²) in [6.07, 6.45) is -9.99. The number of amides is 2. The Morgan fingerprint density at radius 1 is 0.460 bits per heavy atom. The zero-order chi connectivity index (χ0) is 34.9. The van der Waals surface area contributed by atoms with Crippen LogP contribution in [0.15, 0.2) is 133 Å². The van der Waals surface area contributed by atoms with E-state index in [9.17, 15) is 35.9 Å². The number of carbonyl (C=O) groups excluding carboxylic acids is 2. The van der Waals surface area contributed by atoms with Crippen LogP contribution in [0.3, 0.4) is 0 Å². The SMILES string of the molecule is O=C1c2cccc(-n3c4ccccc4c4cc(-c5cc(C(F)(F)F)cc(C(F)(F)F)c5)ccc43)c2C(=O)N1c1ccc(-c2ccccc2)cc1. The summed E-state index contributed by atoms with van der Waals surface area (Å²) >= 11 is 0. The summed E-state index contributed by atoms with van der Waals surface area (Å²) in [5.41, 5.74) is 1.30. The molecule has 7 aromatic rings. The maximum atomic E-state index is 14.1. The van der Waals surface area contributed by atoms with Gasteiger partial charge in [-0.3, -0.25) is 9.59 Å². The molecule has 0 bridgehead atoms. The maximum absolute atomic E-state index is 14.1. The van der Waals surface area contributed by atoms with E-state index in [0.29, 0.717) is 45.3 Å². The highest BCUT2D eigenvalue weighted by Gasteiger charge is 2.40. The first kappa shape index (κ1) is 31.1. The summed E-state index contributed by atoms with van der Waals surface area (Å²) < 4.78 is 83.8. The average Bonchev–Trinajstić information content (AvgIpc) is 3.58. The third-order valence-corrected chi connectivity index (χ3v) is 8.96. The molecule has 2 amide bonds. The molecule has 10 heteroatoms. The molecule has 0 saturated heterocycles. The smallest absolute Gasteiger partial charge is 0.308 e. The predicted octanol–water partition coefficient (Wildman–Crippen LogP) is 11.0. The fraction of sp³-hybridized carbons (Fsp3) is 0.0500. The second-order valence-corrected chi connectivity index (χ2v) is 11.9. The Balaban J connectivity index is 1.26. The molecule has 4 nitrogen and oxygen atoms in total. The molecule has 0 radical (unpaired) electrons. The van der Waals surface area contributed by atoms with E-state index in [1.807, 2.05) is 42.5 Å². The van der Waals surface area contributed by atoms with Crippen LogP contribution in [0, 0.1) is 0 Å². The number of rotatable bonds is 4. The molecular formula is C40H22F6N2O2. The van der Waals surface area contributed by atoms with E-state index in [0.717, 1.165) is 16.0 Å². The third-order valence-electron chi connectivity index (χ3n) is 8.96. The first-order chi connectivity index (χ1) is 23.9. The molecule has 0 aliphatic carbocycles. The van der Waals surface area contributed by atoms with Crippen molar-refractivity contribution in [1.82, 2.24) is 4.57 Å². The summed E-state index contributed by atoms with van der Waals surface area (Å²) in [5, 5.41) is 1.18. The largest absolute Gasteiger partial charge is 0.416 e. The fourth-order valence-electron chi connectivity index (χ4n) is 6.66. The quantitative estimate of drug-likeness (QED) is 0.138. The number of hydrogen-bond acceptors (Lipinski definition) is 2. The van der Waals surface area contributed by atoms with Crippen molar-refractivity contribution in [3.8, 4) is 27.9 Å². The molecule has 0 spiro atoms. The summed E-state index contributed by atoms with van der Waals surface area (Å²) in [5.74, 6) is -1.02. The highest BCUT2D eigenvalue weighted by Crippen LogP contribution is 2.42. The molecule has 6 aromatic carbocycles. The van der Waals surface area contributed by atoms with Crippen molar-refractivity contribution >= 4 is 39.3 Å². The standard InChI is InChI=1S/C40H22F6N2O2/c41-39(42,43)27-19-26(20-28(22-27)40(44,45)46)25-15-18-34-32(21-25)30-9-4-5-11-33(30)48(34)35-12-6-10-31-36(35)38(50)47(37(31)49)29-16-13-24(14-17-29)23-7-2-1-3-8-23/h1-22H. The minimum atomic E-state index is -4.99. The maximum Gasteiger partial charge on any atom is 0.416 e. The highest BCUT2D eigenvalue weighted by molar-refractivity contribution is 6.35. The summed E-state index contributed by atoms with van der Waals surface area (Å²) in [6, 6.07) is 34.9. The Morgan fingerprint density at radius 2 is 1.06 bits per heavy atom. The second kappa shape index (κ2) is 11.2. The van der Waals surface area contributed by atoms with Gasteiger partial charge in [0.2, 0.25) is 0 Å². The van der Waals surface area contributed by atoms with E-state index < -0.39 is 35.3 Å². The van der Waals surface area contributed by atoms with Gasteiger partial charge in [0, 0.05) is 10.8 Å². The second-order valence-electron chi connectivity index (χ2n) is 11.9. The van der Waals surface area contributed by atoms with E-state index in [-0.39, 0.29) is 28.3 Å². The highest BCUT2D eigenvalue weighted by atomic mass is 19.4. The number of fused-ring (bicyclic) bond motifs is 4. The van der Waals surface area contributed by atoms with Crippen LogP contribution in [0.5, 0.6) is 0 Å². The molecule has 0 atom stereocenters. The van der Waals surface area contributed by atoms with Crippen LogP contribution in [0.2, 0.25) is 0 Å². The monoisotopic (exact) mass is 676 g/mol. The molecule has 0 saturated carbocycles. The summed E-state index contributed by atoms with van der Waals surface area (Å²) in [7, 11) is 0. The summed E-state index contributed by atoms with van der Waals surface area (Å²) in [6.45, 7) is 0. The van der Waals surface area contributed by atoms with Crippen molar-refractivity contribution in [3.05, 3.63) is 156 Å². The number of benzene rings is 6. The topological polar surface area (TPSA) is 42.3 Å². The minimum absolute atomic E-state index is 0.100. The molecule has 1 aliphatic rings. The zero-order valence-corrected chi connectivity index (χ0v) is 25.7. The van der Waals surface area contributed by atoms with Crippen molar-refractivity contribution in [1.29, 1.82) is 0 Å². The number of carbonyl (C=O) groups is 2. The van der Waals surface area contributed by atoms with E-state index in [4.69, 9.17) is 0 Å². The van der Waals surface area contributed by atoms with Crippen LogP contribution in [0.1, 0.15) is 31.8 Å². The van der Waals surface area contributed by atoms with Crippen LogP contribution < -0.4 is 4.90 Å². The van der Waals surface area contributed by atoms with Crippen molar-refractivity contribution in [2.24, 2.45) is 0 Å². The molecule has 50 heavy (non-hydrogen) atoms. The van der Waals surface area contributed by atoms with Crippen LogP contribution in [0.25, 0.3) is 49.7 Å². The van der Waals surface area contributed by atoms with Crippen molar-refractivity contribution in [3.63, 3.8) is 0 Å². The molecule has 246 valence electrons. The molecule has 1 aliphatic heterocycles. The van der Waals surface area contributed by atoms with E-state index in [1.165, 1.54) is 6.07 Å². The Bertz CT molecular complexity index is 2470. The minimum Gasteiger partial charge on any atom is -0.308 e. The number of nitrogens with zero attached hydrogens (tertiary/aromatic N) is 2. The van der Waals surface area contributed by atoms with E-state index in [2.05, 4.69) is 0 Å². The first-order valence-electron chi connectivity index (χ1n) is 15.4. The third kappa shape index (κ3) is 5.03. The molecule has 0 N–H and O–H groups in total. The number of halogens is 6. The average molecular weight is 677 g/mol. The van der Waals surface area contributed by atoms with Gasteiger partial charge in [-0.15, -0.1) is 0 Å². The van der Waals surface area contributed by atoms with Crippen LogP contribution in [-0.2, 0) is 12.4 Å². The number of alkyl halides is 6. The van der Waals surface area contributed by atoms with Gasteiger partial charge in [-0.05, 0) is 82.9 Å². The number of para-hydroxylation sites is 1. The van der Waals surface area contributed by atoms with Gasteiger partial charge >= 0.3 is 12.4 Å². The fourth-order valence-corrected chi connectivity index (χ4v) is 6.66. The lowest BCUT2D eigenvalue weighted by atomic mass is 9.97. The normalized spacial score (nSPS) is 13.4. The molecule has 8 rings (SSSR count). The molecule has 1 aromatic heterocycles. The van der Waals surface area contributed by atoms with Gasteiger partial charge in [0.1, 0.15) is 0 Å². The summed E-state index contributed by atoms with van der Waals surface area (Å²) in [4.78, 5) is 29.0.